The second-order valence-electron chi connectivity index (χ2n) is 7.93. The van der Waals surface area contributed by atoms with E-state index < -0.39 is 32.6 Å². The predicted octanol–water partition coefficient (Wildman–Crippen LogP) is 3.59. The second kappa shape index (κ2) is 9.46. The molecule has 1 rings (SSSR count). The highest BCUT2D eigenvalue weighted by molar-refractivity contribution is 6.74. The molecule has 1 aromatic rings. The Morgan fingerprint density at radius 2 is 1.77 bits per heavy atom. The van der Waals surface area contributed by atoms with Gasteiger partial charge in [-0.15, -0.1) is 0 Å². The third kappa shape index (κ3) is 6.36. The van der Waals surface area contributed by atoms with Gasteiger partial charge in [-0.1, -0.05) is 57.2 Å². The van der Waals surface area contributed by atoms with Crippen molar-refractivity contribution in [3.63, 3.8) is 0 Å². The first kappa shape index (κ1) is 22.6. The largest absolute Gasteiger partial charge is 0.466 e. The molecule has 0 saturated heterocycles. The molecule has 0 radical (unpaired) electrons. The van der Waals surface area contributed by atoms with E-state index in [1.165, 1.54) is 19.3 Å². The van der Waals surface area contributed by atoms with E-state index in [4.69, 9.17) is 4.43 Å². The molecule has 0 fully saturated rings. The van der Waals surface area contributed by atoms with Gasteiger partial charge in [0.05, 0.1) is 19.3 Å². The summed E-state index contributed by atoms with van der Waals surface area (Å²) in [6.45, 7) is 10.6. The molecule has 0 aliphatic carbocycles. The maximum atomic E-state index is 11.1. The van der Waals surface area contributed by atoms with Crippen molar-refractivity contribution in [1.29, 1.82) is 0 Å². The second-order valence-corrected chi connectivity index (χ2v) is 12.7. The summed E-state index contributed by atoms with van der Waals surface area (Å²) in [5.41, 5.74) is 0.820. The summed E-state index contributed by atoms with van der Waals surface area (Å²) in [4.78, 5) is 11.1. The highest BCUT2D eigenvalue weighted by Gasteiger charge is 2.42. The monoisotopic (exact) mass is 380 g/mol. The quantitative estimate of drug-likeness (QED) is 0.409. The standard InChI is InChI=1S/C20H32O5Si/c1-20(2,3)26(5,6)25-19(15-11-8-7-9-12-15)18(23)16(21)13-10-14-17(22)24-4/h7-12,14,16,18-19,21,23H,13H2,1-6H3/b14-10-/t16-,18+,19-/m1/s1. The molecule has 0 aliphatic rings. The minimum atomic E-state index is -2.18. The van der Waals surface area contributed by atoms with Gasteiger partial charge in [-0.05, 0) is 30.1 Å². The van der Waals surface area contributed by atoms with Gasteiger partial charge in [0, 0.05) is 6.08 Å². The van der Waals surface area contributed by atoms with Gasteiger partial charge in [0.1, 0.15) is 6.10 Å². The van der Waals surface area contributed by atoms with E-state index >= 15 is 0 Å². The van der Waals surface area contributed by atoms with Crippen LogP contribution in [0.15, 0.2) is 42.5 Å². The van der Waals surface area contributed by atoms with Crippen LogP contribution in [0.3, 0.4) is 0 Å². The average molecular weight is 381 g/mol. The van der Waals surface area contributed by atoms with Gasteiger partial charge >= 0.3 is 5.97 Å². The number of rotatable bonds is 8. The fourth-order valence-corrected chi connectivity index (χ4v) is 3.45. The van der Waals surface area contributed by atoms with Crippen LogP contribution in [-0.2, 0) is 14.0 Å². The van der Waals surface area contributed by atoms with Crippen LogP contribution in [0.1, 0.15) is 38.9 Å². The summed E-state index contributed by atoms with van der Waals surface area (Å²) in [6, 6.07) is 9.44. The number of carbonyl (C=O) groups is 1. The lowest BCUT2D eigenvalue weighted by Crippen LogP contribution is -2.46. The van der Waals surface area contributed by atoms with Crippen LogP contribution in [0.4, 0.5) is 0 Å². The van der Waals surface area contributed by atoms with E-state index in [-0.39, 0.29) is 11.5 Å². The molecule has 2 N–H and O–H groups in total. The lowest BCUT2D eigenvalue weighted by Gasteiger charge is -2.41. The molecule has 0 heterocycles. The number of aliphatic hydroxyl groups is 2. The Morgan fingerprint density at radius 3 is 2.27 bits per heavy atom. The van der Waals surface area contributed by atoms with Crippen LogP contribution in [-0.4, -0.2) is 43.8 Å². The zero-order valence-corrected chi connectivity index (χ0v) is 17.6. The lowest BCUT2D eigenvalue weighted by atomic mass is 9.98. The molecule has 0 spiro atoms. The predicted molar refractivity (Wildman–Crippen MR) is 105 cm³/mol. The summed E-state index contributed by atoms with van der Waals surface area (Å²) < 4.78 is 11.0. The molecule has 26 heavy (non-hydrogen) atoms. The number of hydrogen-bond donors (Lipinski definition) is 2. The van der Waals surface area contributed by atoms with Crippen molar-refractivity contribution in [3.05, 3.63) is 48.0 Å². The number of esters is 1. The van der Waals surface area contributed by atoms with Gasteiger partial charge in [-0.2, -0.15) is 0 Å². The van der Waals surface area contributed by atoms with E-state index in [2.05, 4.69) is 38.6 Å². The first-order valence-electron chi connectivity index (χ1n) is 8.83. The van der Waals surface area contributed by atoms with Crippen molar-refractivity contribution in [1.82, 2.24) is 0 Å². The smallest absolute Gasteiger partial charge is 0.330 e. The van der Waals surface area contributed by atoms with Crippen molar-refractivity contribution >= 4 is 14.3 Å². The van der Waals surface area contributed by atoms with Gasteiger partial charge in [0.2, 0.25) is 0 Å². The molecule has 0 amide bonds. The van der Waals surface area contributed by atoms with Crippen molar-refractivity contribution in [2.24, 2.45) is 0 Å². The average Bonchev–Trinajstić information content (AvgIpc) is 2.58. The topological polar surface area (TPSA) is 76.0 Å². The number of benzene rings is 1. The minimum absolute atomic E-state index is 0.0323. The molecule has 5 nitrogen and oxygen atoms in total. The highest BCUT2D eigenvalue weighted by atomic mass is 28.4. The highest BCUT2D eigenvalue weighted by Crippen LogP contribution is 2.41. The molecular formula is C20H32O5Si. The van der Waals surface area contributed by atoms with Crippen LogP contribution in [0.5, 0.6) is 0 Å². The Hall–Kier alpha value is -1.47. The van der Waals surface area contributed by atoms with Crippen molar-refractivity contribution in [2.45, 2.75) is 63.6 Å². The first-order chi connectivity index (χ1) is 12.0. The summed E-state index contributed by atoms with van der Waals surface area (Å²) in [5.74, 6) is -0.496. The third-order valence-electron chi connectivity index (χ3n) is 4.89. The van der Waals surface area contributed by atoms with Crippen LogP contribution in [0.2, 0.25) is 18.1 Å². The number of carbonyl (C=O) groups excluding carboxylic acids is 1. The van der Waals surface area contributed by atoms with Gasteiger partial charge < -0.3 is 19.4 Å². The van der Waals surface area contributed by atoms with Gasteiger partial charge in [-0.25, -0.2) is 4.79 Å². The summed E-state index contributed by atoms with van der Waals surface area (Å²) in [5, 5.41) is 21.2. The van der Waals surface area contributed by atoms with E-state index in [0.717, 1.165) is 5.56 Å². The molecule has 0 bridgehead atoms. The molecule has 146 valence electrons. The summed E-state index contributed by atoms with van der Waals surface area (Å²) in [6.07, 6.45) is 0.0369. The van der Waals surface area contributed by atoms with Crippen LogP contribution >= 0.6 is 0 Å². The Morgan fingerprint density at radius 1 is 1.19 bits per heavy atom. The third-order valence-corrected chi connectivity index (χ3v) is 9.35. The molecule has 0 saturated carbocycles. The maximum Gasteiger partial charge on any atom is 0.330 e. The number of methoxy groups -OCH3 is 1. The van der Waals surface area contributed by atoms with Crippen molar-refractivity contribution < 1.29 is 24.2 Å². The fourth-order valence-electron chi connectivity index (χ4n) is 2.18. The molecule has 6 heteroatoms. The molecule has 0 aromatic heterocycles. The zero-order valence-electron chi connectivity index (χ0n) is 16.6. The SMILES string of the molecule is COC(=O)/C=C\C[C@@H](O)[C@H](O)[C@H](O[Si](C)(C)C(C)(C)C)c1ccccc1. The molecule has 0 aliphatic heterocycles. The number of hydrogen-bond acceptors (Lipinski definition) is 5. The van der Waals surface area contributed by atoms with Gasteiger partial charge in [0.25, 0.3) is 0 Å². The Balaban J connectivity index is 3.01. The van der Waals surface area contributed by atoms with Crippen molar-refractivity contribution in [3.8, 4) is 0 Å². The Kier molecular flexibility index (Phi) is 8.21. The van der Waals surface area contributed by atoms with E-state index in [1.54, 1.807) is 0 Å². The lowest BCUT2D eigenvalue weighted by molar-refractivity contribution is -0.134. The molecular weight excluding hydrogens is 348 g/mol. The van der Waals surface area contributed by atoms with Crippen LogP contribution in [0, 0.1) is 0 Å². The van der Waals surface area contributed by atoms with E-state index in [1.807, 2.05) is 30.3 Å². The van der Waals surface area contributed by atoms with Gasteiger partial charge in [-0.3, -0.25) is 0 Å². The molecule has 0 unspecified atom stereocenters. The Labute approximate surface area is 157 Å². The number of ether oxygens (including phenoxy) is 1. The summed E-state index contributed by atoms with van der Waals surface area (Å²) in [7, 11) is -0.889. The van der Waals surface area contributed by atoms with Gasteiger partial charge in [0.15, 0.2) is 8.32 Å². The van der Waals surface area contributed by atoms with E-state index in [9.17, 15) is 15.0 Å². The summed E-state index contributed by atoms with van der Waals surface area (Å²) >= 11 is 0. The first-order valence-corrected chi connectivity index (χ1v) is 11.7. The maximum absolute atomic E-state index is 11.1. The molecule has 1 aromatic carbocycles. The molecule has 3 atom stereocenters. The van der Waals surface area contributed by atoms with Crippen molar-refractivity contribution in [2.75, 3.05) is 7.11 Å². The fraction of sp³-hybridized carbons (Fsp3) is 0.550. The Bertz CT molecular complexity index is 592. The normalized spacial score (nSPS) is 16.3. The zero-order chi connectivity index (χ0) is 20.0. The van der Waals surface area contributed by atoms with Crippen LogP contribution in [0.25, 0.3) is 0 Å². The van der Waals surface area contributed by atoms with Crippen LogP contribution < -0.4 is 0 Å². The van der Waals surface area contributed by atoms with E-state index in [0.29, 0.717) is 0 Å². The number of aliphatic hydroxyl groups excluding tert-OH is 2. The minimum Gasteiger partial charge on any atom is -0.466 e.